The van der Waals surface area contributed by atoms with Crippen LogP contribution in [-0.2, 0) is 51.4 Å². The highest BCUT2D eigenvalue weighted by Gasteiger charge is 2.30. The molecule has 7 atom stereocenters. The minimum atomic E-state index is -0.711. The monoisotopic (exact) mass is 1070 g/mol. The molecule has 1 amide bonds. The minimum absolute atomic E-state index is 0.0216. The number of ketones is 3. The number of aryl methyl sites for hydroxylation is 1. The summed E-state index contributed by atoms with van der Waals surface area (Å²) in [6.07, 6.45) is 17.2. The van der Waals surface area contributed by atoms with Crippen molar-refractivity contribution in [2.24, 2.45) is 40.9 Å². The Morgan fingerprint density at radius 2 is 1.26 bits per heavy atom. The van der Waals surface area contributed by atoms with Gasteiger partial charge in [0.15, 0.2) is 5.78 Å². The Bertz CT molecular complexity index is 2760. The Kier molecular flexibility index (Phi) is 23.8. The number of carbonyl (C=O) groups excluding carboxylic acids is 4. The third kappa shape index (κ3) is 18.3. The largest absolute Gasteiger partial charge is 0.369 e. The van der Waals surface area contributed by atoms with Gasteiger partial charge >= 0.3 is 0 Å². The molecule has 7 unspecified atom stereocenters. The molecule has 3 aromatic carbocycles. The smallest absolute Gasteiger partial charge is 0.221 e. The highest BCUT2D eigenvalue weighted by atomic mass is 16.2. The molecular formula is C62H90N12O4. The highest BCUT2D eigenvalue weighted by Crippen LogP contribution is 2.26. The molecule has 11 N–H and O–H groups in total. The van der Waals surface area contributed by atoms with Crippen LogP contribution < -0.4 is 33.2 Å². The number of carbonyl (C=O) groups is 4. The summed E-state index contributed by atoms with van der Waals surface area (Å²) in [4.78, 5) is 65.7. The molecule has 4 heterocycles. The van der Waals surface area contributed by atoms with Gasteiger partial charge in [-0.2, -0.15) is 0 Å². The molecule has 16 nitrogen and oxygen atoms in total. The maximum atomic E-state index is 15.2. The molecule has 0 saturated carbocycles. The lowest BCUT2D eigenvalue weighted by atomic mass is 9.88. The molecule has 7 rings (SSSR count). The topological polar surface area (TPSA) is 248 Å². The number of nitrogens with two attached hydrogens (primary N) is 3. The molecule has 3 aromatic heterocycles. The van der Waals surface area contributed by atoms with E-state index in [0.717, 1.165) is 109 Å². The first-order valence-corrected chi connectivity index (χ1v) is 29.1. The number of H-pyrrole nitrogens is 2. The van der Waals surface area contributed by atoms with E-state index >= 15 is 4.79 Å². The Morgan fingerprint density at radius 3 is 1.87 bits per heavy atom. The molecule has 0 bridgehead atoms. The van der Waals surface area contributed by atoms with Crippen molar-refractivity contribution >= 4 is 45.1 Å². The van der Waals surface area contributed by atoms with E-state index in [9.17, 15) is 14.4 Å². The van der Waals surface area contributed by atoms with E-state index in [2.05, 4.69) is 53.4 Å². The van der Waals surface area contributed by atoms with Crippen molar-refractivity contribution in [2.75, 3.05) is 46.3 Å². The van der Waals surface area contributed by atoms with Crippen molar-refractivity contribution in [3.63, 3.8) is 0 Å². The van der Waals surface area contributed by atoms with Gasteiger partial charge in [0.2, 0.25) is 5.91 Å². The summed E-state index contributed by atoms with van der Waals surface area (Å²) in [5.41, 5.74) is 24.3. The normalized spacial score (nSPS) is 16.0. The maximum absolute atomic E-state index is 15.2. The van der Waals surface area contributed by atoms with Gasteiger partial charge in [0.1, 0.15) is 11.6 Å². The first-order chi connectivity index (χ1) is 37.9. The van der Waals surface area contributed by atoms with E-state index in [1.807, 2.05) is 111 Å². The third-order valence-corrected chi connectivity index (χ3v) is 16.2. The Balaban J connectivity index is 1.10. The molecule has 0 radical (unpaired) electrons. The second-order valence-electron chi connectivity index (χ2n) is 22.7. The van der Waals surface area contributed by atoms with Gasteiger partial charge in [-0.3, -0.25) is 23.9 Å². The van der Waals surface area contributed by atoms with Gasteiger partial charge in [-0.1, -0.05) is 105 Å². The number of unbranched alkanes of at least 4 members (excludes halogenated alkanes) is 2. The lowest BCUT2D eigenvalue weighted by Crippen LogP contribution is -2.45. The van der Waals surface area contributed by atoms with Crippen molar-refractivity contribution in [3.8, 4) is 0 Å². The maximum Gasteiger partial charge on any atom is 0.221 e. The number of hydrogen-bond acceptors (Lipinski definition) is 12. The molecule has 6 aromatic rings. The van der Waals surface area contributed by atoms with Crippen molar-refractivity contribution in [1.82, 2.24) is 45.8 Å². The molecule has 1 aliphatic heterocycles. The zero-order valence-corrected chi connectivity index (χ0v) is 46.8. The minimum Gasteiger partial charge on any atom is -0.369 e. The number of likely N-dealkylation sites (tertiary alicyclic amines) is 1. The number of nitrogens with one attached hydrogen (secondary N) is 5. The quantitative estimate of drug-likeness (QED) is 0.0184. The number of aromatic nitrogens is 5. The van der Waals surface area contributed by atoms with Crippen LogP contribution in [0.2, 0.25) is 0 Å². The Hall–Kier alpha value is -5.88. The zero-order valence-electron chi connectivity index (χ0n) is 46.8. The summed E-state index contributed by atoms with van der Waals surface area (Å²) in [5.74, 6) is -1.37. The number of para-hydroxylation sites is 2. The first-order valence-electron chi connectivity index (χ1n) is 29.1. The van der Waals surface area contributed by atoms with Crippen LogP contribution in [0.4, 0.5) is 0 Å². The Labute approximate surface area is 462 Å². The number of Topliss-reactive ketones (excluding diaryl/α,β-unsaturated/α-hetero) is 3. The van der Waals surface area contributed by atoms with Gasteiger partial charge in [0, 0.05) is 91.1 Å². The van der Waals surface area contributed by atoms with Crippen LogP contribution in [0.15, 0.2) is 97.5 Å². The average Bonchev–Trinajstić information content (AvgIpc) is 4.22. The lowest BCUT2D eigenvalue weighted by molar-refractivity contribution is -0.128. The number of nitrogens with zero attached hydrogens (tertiary/aromatic N) is 4. The van der Waals surface area contributed by atoms with E-state index in [1.165, 1.54) is 19.3 Å². The number of aromatic amines is 2. The standard InChI is InChI=1S/C62H90N12O4/c1-43(2)61(64)60(77)32-46(20-12-14-26-63)38-68-57(34-49-40-70-55-25-11-9-23-53(49)55)58(75)31-45(21-13-17-29-74-42-51(71-72-74)36-50(66-3)41-73-27-15-5-16-28-73)37-67-56(30-44-18-6-4-7-19-44)59(76)35-47(62(65)78)33-48-39-69-54-24-10-8-22-52(48)54/h4,6-11,18-19,22-25,39-40,42-43,45-47,50,56-57,61,66-70H,5,12-17,20-21,26-38,41,63-64H2,1-3H3,(H2,65,78). The fourth-order valence-electron chi connectivity index (χ4n) is 11.4. The van der Waals surface area contributed by atoms with Crippen molar-refractivity contribution in [3.05, 3.63) is 120 Å². The highest BCUT2D eigenvalue weighted by molar-refractivity contribution is 5.91. The molecule has 78 heavy (non-hydrogen) atoms. The van der Waals surface area contributed by atoms with E-state index in [-0.39, 0.29) is 47.9 Å². The molecule has 422 valence electrons. The predicted molar refractivity (Wildman–Crippen MR) is 313 cm³/mol. The summed E-state index contributed by atoms with van der Waals surface area (Å²) in [7, 11) is 2.02. The second kappa shape index (κ2) is 31.1. The summed E-state index contributed by atoms with van der Waals surface area (Å²) in [6, 6.07) is 24.5. The Morgan fingerprint density at radius 1 is 0.679 bits per heavy atom. The number of piperidine rings is 1. The van der Waals surface area contributed by atoms with Gasteiger partial charge in [0.05, 0.1) is 23.8 Å². The predicted octanol–water partition coefficient (Wildman–Crippen LogP) is 7.00. The van der Waals surface area contributed by atoms with Gasteiger partial charge in [-0.05, 0) is 144 Å². The fourth-order valence-corrected chi connectivity index (χ4v) is 11.4. The third-order valence-electron chi connectivity index (χ3n) is 16.2. The van der Waals surface area contributed by atoms with Gasteiger partial charge in [-0.25, -0.2) is 0 Å². The van der Waals surface area contributed by atoms with Gasteiger partial charge < -0.3 is 48.0 Å². The summed E-state index contributed by atoms with van der Waals surface area (Å²) in [6.45, 7) is 9.36. The SMILES string of the molecule is CNC(Cc1cn(CCCCC(CNC(Cc2ccccc2)C(=O)CC(Cc2c[nH]c3ccccc23)C(N)=O)CC(=O)C(Cc2c[nH]c3ccccc23)NCC(CCCCN)CC(=O)C(N)C(C)C)nn1)CN1CCCCC1. The van der Waals surface area contributed by atoms with E-state index in [1.54, 1.807) is 0 Å². The van der Waals surface area contributed by atoms with Crippen molar-refractivity contribution in [1.29, 1.82) is 0 Å². The fraction of sp³-hybridized carbons (Fsp3) is 0.548. The van der Waals surface area contributed by atoms with Crippen LogP contribution in [0, 0.1) is 23.7 Å². The number of benzene rings is 3. The van der Waals surface area contributed by atoms with Gasteiger partial charge in [0.25, 0.3) is 0 Å². The summed E-state index contributed by atoms with van der Waals surface area (Å²) < 4.78 is 1.94. The first kappa shape index (κ1) is 59.8. The van der Waals surface area contributed by atoms with Crippen LogP contribution in [-0.4, -0.2) is 124 Å². The number of amides is 1. The van der Waals surface area contributed by atoms with Crippen molar-refractivity contribution < 1.29 is 19.2 Å². The molecule has 16 heteroatoms. The van der Waals surface area contributed by atoms with Crippen LogP contribution in [0.1, 0.15) is 113 Å². The van der Waals surface area contributed by atoms with Crippen LogP contribution in [0.5, 0.6) is 0 Å². The zero-order chi connectivity index (χ0) is 55.2. The number of likely N-dealkylation sites (N-methyl/N-ethyl adjacent to an activating group) is 1. The lowest BCUT2D eigenvalue weighted by Gasteiger charge is -2.30. The van der Waals surface area contributed by atoms with Crippen LogP contribution >= 0.6 is 0 Å². The van der Waals surface area contributed by atoms with Crippen molar-refractivity contribution in [2.45, 2.75) is 147 Å². The number of primary amides is 1. The number of fused-ring (bicyclic) bond motifs is 2. The van der Waals surface area contributed by atoms with E-state index in [4.69, 9.17) is 17.2 Å². The molecular weight excluding hydrogens is 977 g/mol. The molecule has 1 saturated heterocycles. The van der Waals surface area contributed by atoms with Crippen LogP contribution in [0.3, 0.4) is 0 Å². The van der Waals surface area contributed by atoms with E-state index < -0.39 is 30.0 Å². The molecule has 0 aliphatic carbocycles. The number of rotatable bonds is 37. The number of hydrogen-bond donors (Lipinski definition) is 8. The molecule has 1 fully saturated rings. The van der Waals surface area contributed by atoms with Crippen LogP contribution in [0.25, 0.3) is 21.8 Å². The summed E-state index contributed by atoms with van der Waals surface area (Å²) in [5, 5.41) is 22.0. The van der Waals surface area contributed by atoms with Gasteiger partial charge in [-0.15, -0.1) is 5.10 Å². The molecule has 1 aliphatic rings. The molecule has 0 spiro atoms. The summed E-state index contributed by atoms with van der Waals surface area (Å²) >= 11 is 0. The second-order valence-corrected chi connectivity index (χ2v) is 22.7. The van der Waals surface area contributed by atoms with E-state index in [0.29, 0.717) is 57.9 Å². The average molecular weight is 1070 g/mol.